The number of hydrogen-bond acceptors (Lipinski definition) is 4. The van der Waals surface area contributed by atoms with Gasteiger partial charge in [-0.15, -0.1) is 0 Å². The second-order valence-corrected chi connectivity index (χ2v) is 16.7. The summed E-state index contributed by atoms with van der Waals surface area (Å²) >= 11 is 0. The van der Waals surface area contributed by atoms with Crippen molar-refractivity contribution in [2.24, 2.45) is 0 Å². The lowest BCUT2D eigenvalue weighted by atomic mass is 9.91. The summed E-state index contributed by atoms with van der Waals surface area (Å²) in [6, 6.07) is 79.5. The molecule has 0 spiro atoms. The number of para-hydroxylation sites is 2. The first-order valence-corrected chi connectivity index (χ1v) is 22.0. The lowest BCUT2D eigenvalue weighted by Crippen LogP contribution is -2.01. The standard InChI is InChI=1S/C61H37N3O/c1-2-14-38(15-3-1)41-30-28-39-29-31-42(37-43(39)36-41)45-32-34-54(49-21-8-6-19-46(45)49)59-62-60(64-61(63-59)56-26-13-25-53-52-23-10-11-27-57(52)65-58(53)56)55-35-33-51(48-20-7-9-22-50(48)55)47-24-12-17-40-16-4-5-18-44(40)47/h1-37H. The third-order valence-corrected chi connectivity index (χ3v) is 12.9. The highest BCUT2D eigenvalue weighted by molar-refractivity contribution is 6.11. The van der Waals surface area contributed by atoms with E-state index in [1.807, 2.05) is 18.2 Å². The predicted molar refractivity (Wildman–Crippen MR) is 270 cm³/mol. The molecule has 13 rings (SSSR count). The highest BCUT2D eigenvalue weighted by Crippen LogP contribution is 2.42. The van der Waals surface area contributed by atoms with Crippen LogP contribution in [0.2, 0.25) is 0 Å². The van der Waals surface area contributed by atoms with E-state index in [2.05, 4.69) is 206 Å². The number of furan rings is 1. The van der Waals surface area contributed by atoms with Crippen LogP contribution >= 0.6 is 0 Å². The monoisotopic (exact) mass is 827 g/mol. The molecule has 0 amide bonds. The zero-order chi connectivity index (χ0) is 42.8. The largest absolute Gasteiger partial charge is 0.455 e. The second-order valence-electron chi connectivity index (χ2n) is 16.7. The van der Waals surface area contributed by atoms with Gasteiger partial charge in [-0.25, -0.2) is 15.0 Å². The Morgan fingerprint density at radius 1 is 0.246 bits per heavy atom. The van der Waals surface area contributed by atoms with E-state index in [1.165, 1.54) is 38.2 Å². The van der Waals surface area contributed by atoms with Crippen LogP contribution in [0, 0.1) is 0 Å². The van der Waals surface area contributed by atoms with E-state index in [-0.39, 0.29) is 0 Å². The van der Waals surface area contributed by atoms with Crippen molar-refractivity contribution in [3.63, 3.8) is 0 Å². The molecular weight excluding hydrogens is 791 g/mol. The summed E-state index contributed by atoms with van der Waals surface area (Å²) in [6.45, 7) is 0. The van der Waals surface area contributed by atoms with Gasteiger partial charge in [-0.3, -0.25) is 0 Å². The maximum atomic E-state index is 6.60. The molecule has 4 heteroatoms. The SMILES string of the molecule is c1ccc(-c2ccc3ccc(-c4ccc(-c5nc(-c6ccc(-c7cccc8ccccc78)c7ccccc67)nc(-c6cccc7c6oc6ccccc67)n5)c5ccccc45)cc3c2)cc1. The van der Waals surface area contributed by atoms with Crippen molar-refractivity contribution in [3.05, 3.63) is 224 Å². The Balaban J connectivity index is 1.02. The number of aromatic nitrogens is 3. The Kier molecular flexibility index (Phi) is 8.50. The number of rotatable bonds is 6. The quantitative estimate of drug-likeness (QED) is 0.168. The van der Waals surface area contributed by atoms with E-state index in [0.717, 1.165) is 76.9 Å². The minimum atomic E-state index is 0.550. The Bertz CT molecular complexity index is 4010. The van der Waals surface area contributed by atoms with Crippen molar-refractivity contribution < 1.29 is 4.42 Å². The van der Waals surface area contributed by atoms with Crippen LogP contribution in [0.3, 0.4) is 0 Å². The molecule has 0 radical (unpaired) electrons. The van der Waals surface area contributed by atoms with Crippen molar-refractivity contribution >= 4 is 65.0 Å². The summed E-state index contributed by atoms with van der Waals surface area (Å²) in [5, 5.41) is 11.3. The Hall–Kier alpha value is -8.73. The predicted octanol–water partition coefficient (Wildman–Crippen LogP) is 16.4. The van der Waals surface area contributed by atoms with Gasteiger partial charge in [-0.05, 0) is 113 Å². The van der Waals surface area contributed by atoms with Gasteiger partial charge in [0.2, 0.25) is 0 Å². The van der Waals surface area contributed by atoms with Gasteiger partial charge in [0.05, 0.1) is 5.56 Å². The first-order chi connectivity index (χ1) is 32.2. The van der Waals surface area contributed by atoms with Crippen LogP contribution in [0.4, 0.5) is 0 Å². The first-order valence-electron chi connectivity index (χ1n) is 22.0. The fraction of sp³-hybridized carbons (Fsp3) is 0. The third kappa shape index (κ3) is 6.18. The summed E-state index contributed by atoms with van der Waals surface area (Å²) in [5.74, 6) is 1.73. The molecule has 65 heavy (non-hydrogen) atoms. The van der Waals surface area contributed by atoms with Crippen LogP contribution in [-0.4, -0.2) is 15.0 Å². The molecule has 13 aromatic rings. The lowest BCUT2D eigenvalue weighted by molar-refractivity contribution is 0.669. The highest BCUT2D eigenvalue weighted by atomic mass is 16.3. The Morgan fingerprint density at radius 3 is 1.46 bits per heavy atom. The van der Waals surface area contributed by atoms with Gasteiger partial charge >= 0.3 is 0 Å². The van der Waals surface area contributed by atoms with Crippen molar-refractivity contribution in [1.82, 2.24) is 15.0 Å². The van der Waals surface area contributed by atoms with Crippen LogP contribution in [0.5, 0.6) is 0 Å². The van der Waals surface area contributed by atoms with Crippen molar-refractivity contribution in [1.29, 1.82) is 0 Å². The van der Waals surface area contributed by atoms with Crippen molar-refractivity contribution in [2.75, 3.05) is 0 Å². The summed E-state index contributed by atoms with van der Waals surface area (Å²) < 4.78 is 6.60. The van der Waals surface area contributed by atoms with Crippen LogP contribution in [0.15, 0.2) is 229 Å². The molecule has 0 saturated carbocycles. The summed E-state index contributed by atoms with van der Waals surface area (Å²) in [4.78, 5) is 16.1. The molecule has 0 bridgehead atoms. The number of nitrogens with zero attached hydrogens (tertiary/aromatic N) is 3. The molecule has 4 nitrogen and oxygen atoms in total. The van der Waals surface area contributed by atoms with Gasteiger partial charge in [0.1, 0.15) is 11.2 Å². The number of hydrogen-bond donors (Lipinski definition) is 0. The topological polar surface area (TPSA) is 51.8 Å². The lowest BCUT2D eigenvalue weighted by Gasteiger charge is -2.15. The van der Waals surface area contributed by atoms with Crippen LogP contribution in [0.25, 0.3) is 133 Å². The molecule has 0 aliphatic heterocycles. The molecule has 0 fully saturated rings. The summed E-state index contributed by atoms with van der Waals surface area (Å²) in [6.07, 6.45) is 0. The number of fused-ring (bicyclic) bond motifs is 7. The molecule has 11 aromatic carbocycles. The van der Waals surface area contributed by atoms with E-state index < -0.39 is 0 Å². The molecule has 302 valence electrons. The van der Waals surface area contributed by atoms with E-state index in [9.17, 15) is 0 Å². The summed E-state index contributed by atoms with van der Waals surface area (Å²) in [5.41, 5.74) is 11.3. The summed E-state index contributed by atoms with van der Waals surface area (Å²) in [7, 11) is 0. The molecule has 0 N–H and O–H groups in total. The zero-order valence-electron chi connectivity index (χ0n) is 35.1. The minimum absolute atomic E-state index is 0.550. The molecule has 2 aromatic heterocycles. The average Bonchev–Trinajstić information content (AvgIpc) is 3.77. The van der Waals surface area contributed by atoms with Gasteiger partial charge in [0.15, 0.2) is 17.5 Å². The molecule has 0 unspecified atom stereocenters. The smallest absolute Gasteiger partial charge is 0.167 e. The minimum Gasteiger partial charge on any atom is -0.455 e. The van der Waals surface area contributed by atoms with Gasteiger partial charge in [-0.1, -0.05) is 188 Å². The molecule has 2 heterocycles. The van der Waals surface area contributed by atoms with Gasteiger partial charge < -0.3 is 4.42 Å². The zero-order valence-corrected chi connectivity index (χ0v) is 35.1. The second kappa shape index (κ2) is 15.0. The normalized spacial score (nSPS) is 11.7. The molecular formula is C61H37N3O. The molecule has 0 atom stereocenters. The van der Waals surface area contributed by atoms with E-state index >= 15 is 0 Å². The maximum Gasteiger partial charge on any atom is 0.167 e. The Labute approximate surface area is 374 Å². The van der Waals surface area contributed by atoms with E-state index in [0.29, 0.717) is 17.5 Å². The molecule has 0 aliphatic carbocycles. The van der Waals surface area contributed by atoms with Crippen LogP contribution < -0.4 is 0 Å². The Morgan fingerprint density at radius 2 is 0.723 bits per heavy atom. The van der Waals surface area contributed by atoms with Gasteiger partial charge in [-0.2, -0.15) is 0 Å². The van der Waals surface area contributed by atoms with Crippen molar-refractivity contribution in [3.8, 4) is 67.5 Å². The molecule has 0 aliphatic rings. The maximum absolute atomic E-state index is 6.60. The van der Waals surface area contributed by atoms with Crippen molar-refractivity contribution in [2.45, 2.75) is 0 Å². The fourth-order valence-electron chi connectivity index (χ4n) is 9.82. The van der Waals surface area contributed by atoms with E-state index in [4.69, 9.17) is 19.4 Å². The van der Waals surface area contributed by atoms with Gasteiger partial charge in [0, 0.05) is 21.9 Å². The van der Waals surface area contributed by atoms with Gasteiger partial charge in [0.25, 0.3) is 0 Å². The fourth-order valence-corrected chi connectivity index (χ4v) is 9.82. The van der Waals surface area contributed by atoms with Crippen LogP contribution in [0.1, 0.15) is 0 Å². The van der Waals surface area contributed by atoms with Crippen LogP contribution in [-0.2, 0) is 0 Å². The number of benzene rings is 11. The average molecular weight is 828 g/mol. The highest BCUT2D eigenvalue weighted by Gasteiger charge is 2.21. The molecule has 0 saturated heterocycles. The first kappa shape index (κ1) is 36.9. The third-order valence-electron chi connectivity index (χ3n) is 12.9. The van der Waals surface area contributed by atoms with E-state index in [1.54, 1.807) is 0 Å².